The Hall–Kier alpha value is -2.25. The number of anilines is 1. The summed E-state index contributed by atoms with van der Waals surface area (Å²) in [5.74, 6) is 0.0308. The smallest absolute Gasteiger partial charge is 0.261 e. The number of carbonyl (C=O) groups excluding carboxylic acids is 1. The molecular weight excluding hydrogens is 412 g/mol. The van der Waals surface area contributed by atoms with E-state index >= 15 is 0 Å². The summed E-state index contributed by atoms with van der Waals surface area (Å²) in [5, 5.41) is 3.37. The third-order valence-corrected chi connectivity index (χ3v) is 6.55. The molecule has 3 rings (SSSR count). The zero-order chi connectivity index (χ0) is 21.3. The molecule has 0 saturated carbocycles. The van der Waals surface area contributed by atoms with Crippen molar-refractivity contribution in [1.29, 1.82) is 0 Å². The van der Waals surface area contributed by atoms with Gasteiger partial charge in [-0.2, -0.15) is 0 Å². The molecule has 1 N–H and O–H groups in total. The molecule has 0 aromatic heterocycles. The average Bonchev–Trinajstić information content (AvgIpc) is 2.83. The fraction of sp³-hybridized carbons (Fsp3) is 0.381. The number of benzene rings is 2. The summed E-state index contributed by atoms with van der Waals surface area (Å²) in [6.45, 7) is 6.11. The maximum Gasteiger partial charge on any atom is 0.261 e. The molecule has 0 bridgehead atoms. The Labute approximate surface area is 176 Å². The van der Waals surface area contributed by atoms with E-state index in [1.54, 1.807) is 12.1 Å². The molecule has 0 aliphatic carbocycles. The van der Waals surface area contributed by atoms with Crippen LogP contribution in [0.5, 0.6) is 5.75 Å². The molecule has 2 aromatic rings. The van der Waals surface area contributed by atoms with E-state index in [2.05, 4.69) is 11.4 Å². The fourth-order valence-corrected chi connectivity index (χ4v) is 4.41. The Kier molecular flexibility index (Phi) is 6.10. The molecule has 29 heavy (non-hydrogen) atoms. The number of halogens is 1. The van der Waals surface area contributed by atoms with Gasteiger partial charge in [-0.15, -0.1) is 0 Å². The van der Waals surface area contributed by atoms with Crippen LogP contribution in [0, 0.1) is 13.8 Å². The van der Waals surface area contributed by atoms with Gasteiger partial charge in [0, 0.05) is 18.0 Å². The van der Waals surface area contributed by atoms with Gasteiger partial charge in [-0.05, 0) is 55.7 Å². The lowest BCUT2D eigenvalue weighted by Gasteiger charge is -2.21. The number of aryl methyl sites for hydroxylation is 2. The summed E-state index contributed by atoms with van der Waals surface area (Å²) < 4.78 is 31.6. The minimum absolute atomic E-state index is 0.127. The summed E-state index contributed by atoms with van der Waals surface area (Å²) in [6.07, 6.45) is 0.542. The highest BCUT2D eigenvalue weighted by Crippen LogP contribution is 2.36. The second-order valence-corrected chi connectivity index (χ2v) is 9.76. The van der Waals surface area contributed by atoms with Gasteiger partial charge in [0.15, 0.2) is 6.10 Å². The number of rotatable bonds is 4. The third kappa shape index (κ3) is 4.85. The zero-order valence-corrected chi connectivity index (χ0v) is 18.5. The monoisotopic (exact) mass is 436 g/mol. The van der Waals surface area contributed by atoms with Crippen LogP contribution in [0.4, 0.5) is 5.69 Å². The molecule has 156 valence electrons. The predicted molar refractivity (Wildman–Crippen MR) is 115 cm³/mol. The number of nitrogens with one attached hydrogen (secondary N) is 1. The number of fused-ring (bicyclic) bond motifs is 1. The first-order valence-electron chi connectivity index (χ1n) is 9.37. The molecular formula is C21H25ClN2O4S. The molecule has 8 heteroatoms. The Bertz CT molecular complexity index is 1040. The lowest BCUT2D eigenvalue weighted by atomic mass is 10.0. The molecule has 1 aliphatic rings. The van der Waals surface area contributed by atoms with Crippen molar-refractivity contribution in [1.82, 2.24) is 5.32 Å². The molecule has 2 atom stereocenters. The normalized spacial score (nSPS) is 17.7. The molecule has 0 unspecified atom stereocenters. The summed E-state index contributed by atoms with van der Waals surface area (Å²) in [6, 6.07) is 10.6. The van der Waals surface area contributed by atoms with Crippen molar-refractivity contribution >= 4 is 33.2 Å². The van der Waals surface area contributed by atoms with Crippen molar-refractivity contribution in [2.45, 2.75) is 39.3 Å². The van der Waals surface area contributed by atoms with Gasteiger partial charge in [0.2, 0.25) is 10.0 Å². The van der Waals surface area contributed by atoms with Gasteiger partial charge in [-0.3, -0.25) is 9.10 Å². The van der Waals surface area contributed by atoms with E-state index in [9.17, 15) is 13.2 Å². The predicted octanol–water partition coefficient (Wildman–Crippen LogP) is 3.75. The summed E-state index contributed by atoms with van der Waals surface area (Å²) in [5.41, 5.74) is 3.69. The average molecular weight is 437 g/mol. The first-order chi connectivity index (χ1) is 13.6. The van der Waals surface area contributed by atoms with E-state index in [1.165, 1.54) is 15.9 Å². The van der Waals surface area contributed by atoms with E-state index in [0.717, 1.165) is 17.4 Å². The summed E-state index contributed by atoms with van der Waals surface area (Å²) in [4.78, 5) is 12.9. The van der Waals surface area contributed by atoms with Crippen molar-refractivity contribution in [3.63, 3.8) is 0 Å². The van der Waals surface area contributed by atoms with Gasteiger partial charge in [0.1, 0.15) is 5.75 Å². The van der Waals surface area contributed by atoms with E-state index < -0.39 is 16.1 Å². The van der Waals surface area contributed by atoms with Crippen LogP contribution < -0.4 is 14.4 Å². The second kappa shape index (κ2) is 8.24. The highest BCUT2D eigenvalue weighted by atomic mass is 35.5. The largest absolute Gasteiger partial charge is 0.478 e. The Morgan fingerprint density at radius 2 is 1.93 bits per heavy atom. The lowest BCUT2D eigenvalue weighted by Crippen LogP contribution is -2.40. The number of carbonyl (C=O) groups is 1. The van der Waals surface area contributed by atoms with Gasteiger partial charge in [-0.1, -0.05) is 29.8 Å². The topological polar surface area (TPSA) is 75.7 Å². The summed E-state index contributed by atoms with van der Waals surface area (Å²) in [7, 11) is -3.54. The zero-order valence-electron chi connectivity index (χ0n) is 16.9. The van der Waals surface area contributed by atoms with Crippen molar-refractivity contribution in [2.75, 3.05) is 17.1 Å². The van der Waals surface area contributed by atoms with E-state index in [4.69, 9.17) is 16.3 Å². The number of hydrogen-bond donors (Lipinski definition) is 1. The molecule has 0 fully saturated rings. The molecule has 1 amide bonds. The van der Waals surface area contributed by atoms with E-state index in [0.29, 0.717) is 16.5 Å². The van der Waals surface area contributed by atoms with Gasteiger partial charge in [0.05, 0.1) is 18.0 Å². The standard InChI is InChI=1S/C21H25ClN2O4S/c1-13-5-6-16(11-14(13)2)15(3)23-21(25)20-9-10-24(29(4,26)27)18-12-17(22)7-8-19(18)28-20/h5-8,11-12,15,20H,9-10H2,1-4H3,(H,23,25)/t15-,20-/m0/s1. The van der Waals surface area contributed by atoms with Crippen molar-refractivity contribution in [3.05, 3.63) is 58.1 Å². The highest BCUT2D eigenvalue weighted by Gasteiger charge is 2.32. The van der Waals surface area contributed by atoms with Crippen LogP contribution in [0.25, 0.3) is 0 Å². The van der Waals surface area contributed by atoms with Gasteiger partial charge in [-0.25, -0.2) is 8.42 Å². The van der Waals surface area contributed by atoms with Crippen LogP contribution >= 0.6 is 11.6 Å². The van der Waals surface area contributed by atoms with Crippen LogP contribution in [0.15, 0.2) is 36.4 Å². The number of sulfonamides is 1. The number of hydrogen-bond acceptors (Lipinski definition) is 4. The van der Waals surface area contributed by atoms with Gasteiger partial charge >= 0.3 is 0 Å². The minimum atomic E-state index is -3.54. The third-order valence-electron chi connectivity index (χ3n) is 5.14. The van der Waals surface area contributed by atoms with E-state index in [-0.39, 0.29) is 24.9 Å². The van der Waals surface area contributed by atoms with Gasteiger partial charge in [0.25, 0.3) is 5.91 Å². The van der Waals surface area contributed by atoms with Crippen LogP contribution in [0.2, 0.25) is 5.02 Å². The molecule has 0 spiro atoms. The SMILES string of the molecule is Cc1ccc([C@H](C)NC(=O)[C@@H]2CCN(S(C)(=O)=O)c3cc(Cl)ccc3O2)cc1C. The maximum absolute atomic E-state index is 12.9. The molecule has 1 heterocycles. The molecule has 2 aromatic carbocycles. The number of ether oxygens (including phenoxy) is 1. The first kappa shape index (κ1) is 21.5. The molecule has 6 nitrogen and oxygen atoms in total. The highest BCUT2D eigenvalue weighted by molar-refractivity contribution is 7.92. The fourth-order valence-electron chi connectivity index (χ4n) is 3.30. The summed E-state index contributed by atoms with van der Waals surface area (Å²) >= 11 is 6.05. The minimum Gasteiger partial charge on any atom is -0.478 e. The van der Waals surface area contributed by atoms with Crippen molar-refractivity contribution in [3.8, 4) is 5.75 Å². The van der Waals surface area contributed by atoms with Crippen LogP contribution in [-0.4, -0.2) is 33.2 Å². The van der Waals surface area contributed by atoms with Crippen molar-refractivity contribution < 1.29 is 17.9 Å². The van der Waals surface area contributed by atoms with E-state index in [1.807, 2.05) is 32.9 Å². The maximum atomic E-state index is 12.9. The Morgan fingerprint density at radius 3 is 2.59 bits per heavy atom. The molecule has 0 radical (unpaired) electrons. The van der Waals surface area contributed by atoms with Crippen molar-refractivity contribution in [2.24, 2.45) is 0 Å². The first-order valence-corrected chi connectivity index (χ1v) is 11.6. The number of nitrogens with zero attached hydrogens (tertiary/aromatic N) is 1. The Balaban J connectivity index is 1.81. The molecule has 0 saturated heterocycles. The van der Waals surface area contributed by atoms with Crippen LogP contribution in [0.1, 0.15) is 36.1 Å². The lowest BCUT2D eigenvalue weighted by molar-refractivity contribution is -0.128. The molecule has 1 aliphatic heterocycles. The Morgan fingerprint density at radius 1 is 1.21 bits per heavy atom. The van der Waals surface area contributed by atoms with Crippen LogP contribution in [-0.2, 0) is 14.8 Å². The van der Waals surface area contributed by atoms with Gasteiger partial charge < -0.3 is 10.1 Å². The quantitative estimate of drug-likeness (QED) is 0.791. The second-order valence-electron chi connectivity index (χ2n) is 7.42. The number of amides is 1. The van der Waals surface area contributed by atoms with Crippen LogP contribution in [0.3, 0.4) is 0 Å².